The van der Waals surface area contributed by atoms with Crippen LogP contribution in [0.5, 0.6) is 0 Å². The predicted molar refractivity (Wildman–Crippen MR) is 103 cm³/mol. The van der Waals surface area contributed by atoms with Gasteiger partial charge in [-0.2, -0.15) is 14.6 Å². The van der Waals surface area contributed by atoms with Gasteiger partial charge in [0.25, 0.3) is 0 Å². The third kappa shape index (κ3) is 2.41. The van der Waals surface area contributed by atoms with Crippen LogP contribution < -0.4 is 0 Å². The van der Waals surface area contributed by atoms with Crippen molar-refractivity contribution in [2.75, 3.05) is 0 Å². The summed E-state index contributed by atoms with van der Waals surface area (Å²) in [5, 5.41) is 11.5. The number of hydrogen-bond donors (Lipinski definition) is 0. The Balaban J connectivity index is 1.86. The lowest BCUT2D eigenvalue weighted by Gasteiger charge is -2.04. The first kappa shape index (κ1) is 15.7. The lowest BCUT2D eigenvalue weighted by atomic mass is 10.0. The molecule has 3 heterocycles. The maximum atomic E-state index is 13.3. The second-order valence-corrected chi connectivity index (χ2v) is 6.61. The average Bonchev–Trinajstić information content (AvgIpc) is 3.23. The minimum atomic E-state index is -0.507. The van der Waals surface area contributed by atoms with E-state index < -0.39 is 5.95 Å². The van der Waals surface area contributed by atoms with Gasteiger partial charge in [0.05, 0.1) is 22.9 Å². The summed E-state index contributed by atoms with van der Waals surface area (Å²) in [7, 11) is 1.91. The van der Waals surface area contributed by atoms with Crippen LogP contribution in [-0.4, -0.2) is 24.5 Å². The summed E-state index contributed by atoms with van der Waals surface area (Å²) in [5.41, 5.74) is 5.62. The van der Waals surface area contributed by atoms with Crippen molar-refractivity contribution in [3.63, 3.8) is 0 Å². The lowest BCUT2D eigenvalue weighted by Crippen LogP contribution is -1.99. The molecule has 0 saturated carbocycles. The molecule has 0 aliphatic rings. The van der Waals surface area contributed by atoms with Crippen LogP contribution in [-0.2, 0) is 7.05 Å². The average molecular weight is 357 g/mol. The predicted octanol–water partition coefficient (Wildman–Crippen LogP) is 4.42. The number of halogens is 1. The molecule has 0 aliphatic heterocycles. The summed E-state index contributed by atoms with van der Waals surface area (Å²) >= 11 is 0. The van der Waals surface area contributed by atoms with E-state index in [0.29, 0.717) is 0 Å². The summed E-state index contributed by atoms with van der Waals surface area (Å²) in [4.78, 5) is 3.79. The summed E-state index contributed by atoms with van der Waals surface area (Å²) in [6, 6.07) is 15.2. The molecule has 5 rings (SSSR count). The topological polar surface area (TPSA) is 48.5 Å². The molecule has 3 aromatic heterocycles. The fraction of sp³-hybridized carbons (Fsp3) is 0.0952. The van der Waals surface area contributed by atoms with E-state index in [0.717, 1.165) is 44.3 Å². The van der Waals surface area contributed by atoms with Gasteiger partial charge < -0.3 is 0 Å². The van der Waals surface area contributed by atoms with Crippen molar-refractivity contribution in [1.82, 2.24) is 24.5 Å². The first-order chi connectivity index (χ1) is 13.1. The van der Waals surface area contributed by atoms with E-state index in [1.54, 1.807) is 6.07 Å². The largest absolute Gasteiger partial charge is 0.275 e. The van der Waals surface area contributed by atoms with Crippen molar-refractivity contribution in [3.8, 4) is 16.9 Å². The first-order valence-electron chi connectivity index (χ1n) is 8.65. The smallest absolute Gasteiger partial charge is 0.212 e. The van der Waals surface area contributed by atoms with Crippen LogP contribution in [0.3, 0.4) is 0 Å². The van der Waals surface area contributed by atoms with Gasteiger partial charge in [-0.3, -0.25) is 4.68 Å². The molecule has 0 spiro atoms. The zero-order valence-corrected chi connectivity index (χ0v) is 14.9. The van der Waals surface area contributed by atoms with E-state index in [1.165, 1.54) is 12.3 Å². The fourth-order valence-corrected chi connectivity index (χ4v) is 3.58. The molecule has 6 heteroatoms. The number of pyridine rings is 1. The summed E-state index contributed by atoms with van der Waals surface area (Å²) in [6.07, 6.45) is 3.51. The summed E-state index contributed by atoms with van der Waals surface area (Å²) in [6.45, 7) is 2.05. The van der Waals surface area contributed by atoms with Crippen LogP contribution >= 0.6 is 0 Å². The number of para-hydroxylation sites is 1. The molecule has 5 aromatic rings. The third-order valence-corrected chi connectivity index (χ3v) is 4.78. The molecule has 0 atom stereocenters. The number of aromatic nitrogens is 5. The van der Waals surface area contributed by atoms with Gasteiger partial charge >= 0.3 is 0 Å². The quantitative estimate of drug-likeness (QED) is 0.439. The number of aryl methyl sites for hydroxylation is 2. The number of benzene rings is 2. The second-order valence-electron chi connectivity index (χ2n) is 6.61. The second kappa shape index (κ2) is 5.74. The fourth-order valence-electron chi connectivity index (χ4n) is 3.58. The summed E-state index contributed by atoms with van der Waals surface area (Å²) < 4.78 is 16.9. The molecule has 5 nitrogen and oxygen atoms in total. The molecule has 0 unspecified atom stereocenters. The molecule has 0 saturated heterocycles. The van der Waals surface area contributed by atoms with E-state index in [1.807, 2.05) is 53.8 Å². The molecule has 132 valence electrons. The van der Waals surface area contributed by atoms with E-state index in [4.69, 9.17) is 5.10 Å². The maximum absolute atomic E-state index is 13.3. The zero-order valence-electron chi connectivity index (χ0n) is 14.9. The molecular formula is C21H16FN5. The van der Waals surface area contributed by atoms with Crippen LogP contribution in [0.25, 0.3) is 38.8 Å². The Morgan fingerprint density at radius 2 is 1.78 bits per heavy atom. The molecule has 2 aromatic carbocycles. The highest BCUT2D eigenvalue weighted by Gasteiger charge is 2.18. The van der Waals surface area contributed by atoms with Crippen molar-refractivity contribution < 1.29 is 4.39 Å². The molecule has 27 heavy (non-hydrogen) atoms. The van der Waals surface area contributed by atoms with Crippen molar-refractivity contribution >= 4 is 21.8 Å². The highest BCUT2D eigenvalue weighted by atomic mass is 19.1. The van der Waals surface area contributed by atoms with E-state index in [2.05, 4.69) is 22.2 Å². The van der Waals surface area contributed by atoms with Gasteiger partial charge in [-0.1, -0.05) is 30.3 Å². The Bertz CT molecular complexity index is 1300. The highest BCUT2D eigenvalue weighted by molar-refractivity contribution is 6.03. The SMILES string of the molecule is Cc1cccc2c(-c3cccc4nn(C)cc34)nn(-c3ccc(F)nc3)c12. The minimum absolute atomic E-state index is 0.507. The molecule has 0 N–H and O–H groups in total. The lowest BCUT2D eigenvalue weighted by molar-refractivity contribution is 0.582. The van der Waals surface area contributed by atoms with Crippen LogP contribution in [0.1, 0.15) is 5.56 Å². The van der Waals surface area contributed by atoms with Gasteiger partial charge in [-0.25, -0.2) is 9.67 Å². The van der Waals surface area contributed by atoms with E-state index in [9.17, 15) is 4.39 Å². The minimum Gasteiger partial charge on any atom is -0.275 e. The van der Waals surface area contributed by atoms with Crippen molar-refractivity contribution in [3.05, 3.63) is 72.4 Å². The number of fused-ring (bicyclic) bond motifs is 2. The van der Waals surface area contributed by atoms with E-state index >= 15 is 0 Å². The Morgan fingerprint density at radius 3 is 2.59 bits per heavy atom. The van der Waals surface area contributed by atoms with Crippen LogP contribution in [0, 0.1) is 12.9 Å². The van der Waals surface area contributed by atoms with Crippen LogP contribution in [0.15, 0.2) is 60.9 Å². The molecule has 0 amide bonds. The van der Waals surface area contributed by atoms with Gasteiger partial charge in [0, 0.05) is 29.6 Å². The normalized spacial score (nSPS) is 11.5. The zero-order chi connectivity index (χ0) is 18.5. The standard InChI is InChI=1S/C21H16FN5/c1-13-5-3-7-16-20(15-6-4-8-18-17(15)12-26(2)24-18)25-27(21(13)16)14-9-10-19(22)23-11-14/h3-12H,1-2H3. The third-order valence-electron chi connectivity index (χ3n) is 4.78. The monoisotopic (exact) mass is 357 g/mol. The molecule has 0 fully saturated rings. The first-order valence-corrected chi connectivity index (χ1v) is 8.65. The molecule has 0 aliphatic carbocycles. The van der Waals surface area contributed by atoms with Gasteiger partial charge in [-0.15, -0.1) is 0 Å². The molecular weight excluding hydrogens is 341 g/mol. The van der Waals surface area contributed by atoms with Crippen LogP contribution in [0.4, 0.5) is 4.39 Å². The number of rotatable bonds is 2. The van der Waals surface area contributed by atoms with Crippen molar-refractivity contribution in [2.45, 2.75) is 6.92 Å². The van der Waals surface area contributed by atoms with Crippen molar-refractivity contribution in [2.24, 2.45) is 7.05 Å². The van der Waals surface area contributed by atoms with Crippen molar-refractivity contribution in [1.29, 1.82) is 0 Å². The Labute approximate surface area is 154 Å². The maximum Gasteiger partial charge on any atom is 0.212 e. The highest BCUT2D eigenvalue weighted by Crippen LogP contribution is 2.35. The Hall–Kier alpha value is -3.54. The summed E-state index contributed by atoms with van der Waals surface area (Å²) in [5.74, 6) is -0.507. The van der Waals surface area contributed by atoms with Crippen LogP contribution in [0.2, 0.25) is 0 Å². The molecule has 0 radical (unpaired) electrons. The Morgan fingerprint density at radius 1 is 0.926 bits per heavy atom. The van der Waals surface area contributed by atoms with Gasteiger partial charge in [0.2, 0.25) is 5.95 Å². The number of nitrogens with zero attached hydrogens (tertiary/aromatic N) is 5. The van der Waals surface area contributed by atoms with Gasteiger partial charge in [0.15, 0.2) is 0 Å². The number of hydrogen-bond acceptors (Lipinski definition) is 3. The van der Waals surface area contributed by atoms with Gasteiger partial charge in [0.1, 0.15) is 5.69 Å². The van der Waals surface area contributed by atoms with Gasteiger partial charge in [-0.05, 0) is 30.7 Å². The Kier molecular flexibility index (Phi) is 3.33. The van der Waals surface area contributed by atoms with E-state index in [-0.39, 0.29) is 0 Å². The molecule has 0 bridgehead atoms.